The second kappa shape index (κ2) is 18.8. The number of fused-ring (bicyclic) bond motifs is 1. The summed E-state index contributed by atoms with van der Waals surface area (Å²) >= 11 is 0. The van der Waals surface area contributed by atoms with Crippen LogP contribution in [0, 0.1) is 5.92 Å². The van der Waals surface area contributed by atoms with Crippen molar-refractivity contribution < 1.29 is 28.5 Å². The minimum Gasteiger partial charge on any atom is -0.489 e. The third-order valence-corrected chi connectivity index (χ3v) is 9.75. The van der Waals surface area contributed by atoms with Crippen LogP contribution in [0.2, 0.25) is 0 Å². The number of aryl methyl sites for hydroxylation is 2. The van der Waals surface area contributed by atoms with Gasteiger partial charge in [0, 0.05) is 6.42 Å². The summed E-state index contributed by atoms with van der Waals surface area (Å²) in [5, 5.41) is 0. The smallest absolute Gasteiger partial charge is 0.337 e. The maximum absolute atomic E-state index is 12.3. The molecule has 1 aliphatic rings. The number of carbonyl (C=O) groups is 2. The largest absolute Gasteiger partial charge is 0.489 e. The first-order valence-electron chi connectivity index (χ1n) is 17.8. The molecule has 5 rings (SSSR count). The van der Waals surface area contributed by atoms with Gasteiger partial charge < -0.3 is 18.9 Å². The lowest BCUT2D eigenvalue weighted by molar-refractivity contribution is -0.140. The summed E-state index contributed by atoms with van der Waals surface area (Å²) in [5.74, 6) is 2.34. The molecular weight excluding hydrogens is 612 g/mol. The van der Waals surface area contributed by atoms with Gasteiger partial charge in [0.2, 0.25) is 0 Å². The van der Waals surface area contributed by atoms with E-state index in [1.165, 1.54) is 30.9 Å². The maximum atomic E-state index is 12.3. The summed E-state index contributed by atoms with van der Waals surface area (Å²) < 4.78 is 22.1. The van der Waals surface area contributed by atoms with E-state index in [-0.39, 0.29) is 11.9 Å². The Labute approximate surface area is 291 Å². The Bertz CT molecular complexity index is 1610. The van der Waals surface area contributed by atoms with E-state index >= 15 is 0 Å². The normalized spacial score (nSPS) is 14.4. The van der Waals surface area contributed by atoms with Gasteiger partial charge in [0.15, 0.2) is 0 Å². The molecule has 0 amide bonds. The summed E-state index contributed by atoms with van der Waals surface area (Å²) in [6, 6.07) is 32.9. The number of para-hydroxylation sites is 2. The highest BCUT2D eigenvalue weighted by Gasteiger charge is 2.28. The molecule has 6 heteroatoms. The first-order valence-corrected chi connectivity index (χ1v) is 17.8. The van der Waals surface area contributed by atoms with Crippen LogP contribution in [0.3, 0.4) is 0 Å². The van der Waals surface area contributed by atoms with E-state index in [4.69, 9.17) is 18.9 Å². The molecular formula is C43H50O6. The molecule has 0 aromatic heterocycles. The van der Waals surface area contributed by atoms with Crippen molar-refractivity contribution in [2.24, 2.45) is 5.92 Å². The van der Waals surface area contributed by atoms with E-state index in [1.54, 1.807) is 0 Å². The molecule has 0 bridgehead atoms. The molecule has 258 valence electrons. The van der Waals surface area contributed by atoms with E-state index in [0.29, 0.717) is 37.0 Å². The van der Waals surface area contributed by atoms with Crippen LogP contribution >= 0.6 is 0 Å². The summed E-state index contributed by atoms with van der Waals surface area (Å²) in [6.07, 6.45) is 11.0. The SMILES string of the molecule is COC(=O)CCCCCCC(CCc1ccccc1OCc1ccc(COc2ccccc2)cc1)C1CCCc2cc(C(=O)OC)ccc21. The average Bonchev–Trinajstić information content (AvgIpc) is 3.16. The van der Waals surface area contributed by atoms with E-state index in [9.17, 15) is 9.59 Å². The number of esters is 2. The van der Waals surface area contributed by atoms with Gasteiger partial charge in [-0.25, -0.2) is 4.79 Å². The van der Waals surface area contributed by atoms with Crippen molar-refractivity contribution >= 4 is 11.9 Å². The molecule has 1 aliphatic carbocycles. The molecule has 2 atom stereocenters. The van der Waals surface area contributed by atoms with Crippen molar-refractivity contribution in [2.75, 3.05) is 14.2 Å². The van der Waals surface area contributed by atoms with Crippen molar-refractivity contribution in [3.8, 4) is 11.5 Å². The van der Waals surface area contributed by atoms with Crippen molar-refractivity contribution in [3.05, 3.63) is 130 Å². The van der Waals surface area contributed by atoms with Crippen LogP contribution in [0.5, 0.6) is 11.5 Å². The molecule has 0 fully saturated rings. The zero-order chi connectivity index (χ0) is 34.3. The topological polar surface area (TPSA) is 71.1 Å². The zero-order valence-corrected chi connectivity index (χ0v) is 29.0. The Morgan fingerprint density at radius 2 is 1.45 bits per heavy atom. The van der Waals surface area contributed by atoms with Crippen LogP contribution in [0.25, 0.3) is 0 Å². The second-order valence-corrected chi connectivity index (χ2v) is 13.0. The number of hydrogen-bond donors (Lipinski definition) is 0. The van der Waals surface area contributed by atoms with Gasteiger partial charge in [0.05, 0.1) is 19.8 Å². The predicted molar refractivity (Wildman–Crippen MR) is 193 cm³/mol. The third-order valence-electron chi connectivity index (χ3n) is 9.75. The van der Waals surface area contributed by atoms with E-state index < -0.39 is 0 Å². The number of rotatable bonds is 18. The average molecular weight is 663 g/mol. The van der Waals surface area contributed by atoms with Gasteiger partial charge in [-0.3, -0.25) is 4.79 Å². The summed E-state index contributed by atoms with van der Waals surface area (Å²) in [6.45, 7) is 1.03. The fourth-order valence-electron chi connectivity index (χ4n) is 7.03. The molecule has 2 unspecified atom stereocenters. The van der Waals surface area contributed by atoms with Crippen molar-refractivity contribution in [3.63, 3.8) is 0 Å². The molecule has 4 aromatic rings. The lowest BCUT2D eigenvalue weighted by atomic mass is 9.72. The van der Waals surface area contributed by atoms with Gasteiger partial charge in [0.25, 0.3) is 0 Å². The molecule has 49 heavy (non-hydrogen) atoms. The number of ether oxygens (including phenoxy) is 4. The quantitative estimate of drug-likeness (QED) is 0.0780. The zero-order valence-electron chi connectivity index (χ0n) is 29.0. The van der Waals surface area contributed by atoms with Crippen LogP contribution in [0.4, 0.5) is 0 Å². The minimum atomic E-state index is -0.280. The standard InChI is InChI=1S/C43H50O6/c1-46-42(44)20-9-4-3-6-13-34(39-18-12-15-36-29-37(43(45)47-2)27-28-40(36)39)25-26-35-14-10-11-19-41(35)49-31-33-23-21-32(22-24-33)30-48-38-16-7-5-8-17-38/h5,7-8,10-11,14,16-17,19,21-24,27-29,34,39H,3-4,6,9,12-13,15,18,20,25-26,30-31H2,1-2H3. The Kier molecular flexibility index (Phi) is 13.7. The van der Waals surface area contributed by atoms with E-state index in [2.05, 4.69) is 48.5 Å². The maximum Gasteiger partial charge on any atom is 0.337 e. The molecule has 6 nitrogen and oxygen atoms in total. The number of methoxy groups -OCH3 is 2. The van der Waals surface area contributed by atoms with Crippen molar-refractivity contribution in [2.45, 2.75) is 89.8 Å². The number of benzene rings is 4. The molecule has 0 N–H and O–H groups in total. The van der Waals surface area contributed by atoms with Crippen LogP contribution < -0.4 is 9.47 Å². The van der Waals surface area contributed by atoms with Gasteiger partial charge in [-0.2, -0.15) is 0 Å². The van der Waals surface area contributed by atoms with Crippen LogP contribution in [0.15, 0.2) is 97.1 Å². The monoisotopic (exact) mass is 662 g/mol. The molecule has 0 saturated carbocycles. The molecule has 0 aliphatic heterocycles. The Balaban J connectivity index is 1.22. The first-order chi connectivity index (χ1) is 24.0. The fourth-order valence-corrected chi connectivity index (χ4v) is 7.03. The summed E-state index contributed by atoms with van der Waals surface area (Å²) in [5.41, 5.74) is 6.77. The van der Waals surface area contributed by atoms with Gasteiger partial charge in [-0.05, 0) is 115 Å². The minimum absolute atomic E-state index is 0.130. The van der Waals surface area contributed by atoms with Gasteiger partial charge in [-0.15, -0.1) is 0 Å². The van der Waals surface area contributed by atoms with Crippen molar-refractivity contribution in [1.82, 2.24) is 0 Å². The number of carbonyl (C=O) groups excluding carboxylic acids is 2. The van der Waals surface area contributed by atoms with Crippen LogP contribution in [0.1, 0.15) is 102 Å². The highest BCUT2D eigenvalue weighted by atomic mass is 16.5. The highest BCUT2D eigenvalue weighted by Crippen LogP contribution is 2.42. The molecule has 4 aromatic carbocycles. The number of hydrogen-bond acceptors (Lipinski definition) is 6. The molecule has 0 saturated heterocycles. The lowest BCUT2D eigenvalue weighted by Crippen LogP contribution is -2.20. The lowest BCUT2D eigenvalue weighted by Gasteiger charge is -2.33. The van der Waals surface area contributed by atoms with E-state index in [1.807, 2.05) is 48.5 Å². The predicted octanol–water partition coefficient (Wildman–Crippen LogP) is 9.81. The van der Waals surface area contributed by atoms with Gasteiger partial charge in [-0.1, -0.05) is 86.0 Å². The van der Waals surface area contributed by atoms with Crippen LogP contribution in [-0.4, -0.2) is 26.2 Å². The van der Waals surface area contributed by atoms with Gasteiger partial charge in [0.1, 0.15) is 24.7 Å². The Morgan fingerprint density at radius 3 is 2.20 bits per heavy atom. The molecule has 0 spiro atoms. The molecule has 0 radical (unpaired) electrons. The van der Waals surface area contributed by atoms with Crippen LogP contribution in [-0.2, 0) is 40.3 Å². The Hall–Kier alpha value is -4.58. The second-order valence-electron chi connectivity index (χ2n) is 13.0. The van der Waals surface area contributed by atoms with E-state index in [0.717, 1.165) is 86.8 Å². The molecule has 0 heterocycles. The third kappa shape index (κ3) is 10.7. The first kappa shape index (κ1) is 35.7. The van der Waals surface area contributed by atoms with Gasteiger partial charge >= 0.3 is 11.9 Å². The highest BCUT2D eigenvalue weighted by molar-refractivity contribution is 5.89. The van der Waals surface area contributed by atoms with Crippen molar-refractivity contribution in [1.29, 1.82) is 0 Å². The summed E-state index contributed by atoms with van der Waals surface area (Å²) in [7, 11) is 2.89. The fraction of sp³-hybridized carbons (Fsp3) is 0.395. The number of unbranched alkanes of at least 4 members (excludes halogenated alkanes) is 3. The summed E-state index contributed by atoms with van der Waals surface area (Å²) in [4.78, 5) is 23.8. The Morgan fingerprint density at radius 1 is 0.735 bits per heavy atom.